The van der Waals surface area contributed by atoms with Gasteiger partial charge in [-0.2, -0.15) is 9.78 Å². The number of aromatic nitrogens is 4. The quantitative estimate of drug-likeness (QED) is 0.715. The zero-order valence-corrected chi connectivity index (χ0v) is 16.4. The molecule has 4 rings (SSSR count). The molecule has 10 heteroatoms. The summed E-state index contributed by atoms with van der Waals surface area (Å²) in [4.78, 5) is 8.34. The van der Waals surface area contributed by atoms with Crippen LogP contribution in [0.4, 0.5) is 5.82 Å². The number of benzene rings is 1. The van der Waals surface area contributed by atoms with E-state index >= 15 is 0 Å². The van der Waals surface area contributed by atoms with Crippen LogP contribution in [0.15, 0.2) is 47.6 Å². The Hall–Kier alpha value is -3.14. The van der Waals surface area contributed by atoms with Crippen molar-refractivity contribution in [2.45, 2.75) is 31.1 Å². The minimum absolute atomic E-state index is 0.0125. The molecule has 3 heterocycles. The molecule has 28 heavy (non-hydrogen) atoms. The van der Waals surface area contributed by atoms with E-state index < -0.39 is 10.0 Å². The number of ether oxygens (including phenoxy) is 2. The van der Waals surface area contributed by atoms with Gasteiger partial charge in [-0.15, -0.1) is 0 Å². The van der Waals surface area contributed by atoms with Crippen LogP contribution in [0.3, 0.4) is 0 Å². The highest BCUT2D eigenvalue weighted by Gasteiger charge is 2.29. The Balaban J connectivity index is 1.79. The van der Waals surface area contributed by atoms with Gasteiger partial charge in [0.2, 0.25) is 6.79 Å². The summed E-state index contributed by atoms with van der Waals surface area (Å²) in [6.07, 6.45) is 3.13. The first-order chi connectivity index (χ1) is 13.3. The topological polar surface area (TPSA) is 108 Å². The third-order valence-electron chi connectivity index (χ3n) is 4.11. The van der Waals surface area contributed by atoms with E-state index in [-0.39, 0.29) is 34.6 Å². The molecule has 3 aromatic rings. The molecule has 2 aromatic heterocycles. The number of anilines is 1. The Morgan fingerprint density at radius 2 is 1.86 bits per heavy atom. The Bertz CT molecular complexity index is 1120. The highest BCUT2D eigenvalue weighted by molar-refractivity contribution is 7.92. The summed E-state index contributed by atoms with van der Waals surface area (Å²) in [7, 11) is -3.97. The summed E-state index contributed by atoms with van der Waals surface area (Å²) in [5, 5.41) is 4.51. The molecule has 0 saturated carbocycles. The van der Waals surface area contributed by atoms with Crippen molar-refractivity contribution in [3.05, 3.63) is 48.4 Å². The van der Waals surface area contributed by atoms with Gasteiger partial charge < -0.3 is 9.47 Å². The summed E-state index contributed by atoms with van der Waals surface area (Å²) in [6, 6.07) is 8.06. The number of fused-ring (bicyclic) bond motifs is 1. The van der Waals surface area contributed by atoms with Gasteiger partial charge in [-0.1, -0.05) is 26.8 Å². The van der Waals surface area contributed by atoms with Crippen molar-refractivity contribution in [2.24, 2.45) is 0 Å². The molecule has 0 spiro atoms. The van der Waals surface area contributed by atoms with Crippen LogP contribution in [-0.2, 0) is 15.4 Å². The maximum atomic E-state index is 13.1. The van der Waals surface area contributed by atoms with Crippen LogP contribution in [0.1, 0.15) is 26.5 Å². The highest BCUT2D eigenvalue weighted by Crippen LogP contribution is 2.38. The third-order valence-corrected chi connectivity index (χ3v) is 5.49. The first-order valence-electron chi connectivity index (χ1n) is 8.55. The SMILES string of the molecule is CC(C)(C)c1cc(NS(=O)(=O)c2cccc3c2OCO3)n(-c2ncccn2)n1. The fourth-order valence-corrected chi connectivity index (χ4v) is 3.87. The first kappa shape index (κ1) is 18.2. The molecule has 1 N–H and O–H groups in total. The minimum Gasteiger partial charge on any atom is -0.454 e. The van der Waals surface area contributed by atoms with Crippen molar-refractivity contribution in [1.82, 2.24) is 19.7 Å². The lowest BCUT2D eigenvalue weighted by Gasteiger charge is -2.13. The molecule has 1 aliphatic rings. The van der Waals surface area contributed by atoms with E-state index in [2.05, 4.69) is 19.8 Å². The lowest BCUT2D eigenvalue weighted by Crippen LogP contribution is -2.17. The maximum absolute atomic E-state index is 13.1. The van der Waals surface area contributed by atoms with Gasteiger partial charge in [0.25, 0.3) is 16.0 Å². The second kappa shape index (κ2) is 6.48. The van der Waals surface area contributed by atoms with E-state index in [9.17, 15) is 8.42 Å². The fraction of sp³-hybridized carbons (Fsp3) is 0.278. The van der Waals surface area contributed by atoms with E-state index in [1.807, 2.05) is 20.8 Å². The van der Waals surface area contributed by atoms with Gasteiger partial charge in [-0.05, 0) is 18.2 Å². The molecule has 146 valence electrons. The van der Waals surface area contributed by atoms with Gasteiger partial charge in [0.1, 0.15) is 10.7 Å². The van der Waals surface area contributed by atoms with Crippen LogP contribution in [0.25, 0.3) is 5.95 Å². The summed E-state index contributed by atoms with van der Waals surface area (Å²) in [6.45, 7) is 5.93. The lowest BCUT2D eigenvalue weighted by atomic mass is 9.92. The van der Waals surface area contributed by atoms with Gasteiger partial charge in [0.15, 0.2) is 11.5 Å². The number of nitrogens with one attached hydrogen (secondary N) is 1. The zero-order chi connectivity index (χ0) is 19.9. The normalized spacial score (nSPS) is 13.5. The molecule has 9 nitrogen and oxygen atoms in total. The number of sulfonamides is 1. The minimum atomic E-state index is -3.97. The van der Waals surface area contributed by atoms with Crippen molar-refractivity contribution in [2.75, 3.05) is 11.5 Å². The van der Waals surface area contributed by atoms with Gasteiger partial charge in [-0.3, -0.25) is 4.72 Å². The smallest absolute Gasteiger partial charge is 0.266 e. The van der Waals surface area contributed by atoms with Crippen molar-refractivity contribution in [3.63, 3.8) is 0 Å². The number of nitrogens with zero attached hydrogens (tertiary/aromatic N) is 4. The predicted octanol–water partition coefficient (Wildman–Crippen LogP) is 2.49. The first-order valence-corrected chi connectivity index (χ1v) is 10.0. The van der Waals surface area contributed by atoms with Crippen LogP contribution < -0.4 is 14.2 Å². The number of hydrogen-bond donors (Lipinski definition) is 1. The highest BCUT2D eigenvalue weighted by atomic mass is 32.2. The summed E-state index contributed by atoms with van der Waals surface area (Å²) in [5.74, 6) is 1.06. The maximum Gasteiger partial charge on any atom is 0.266 e. The molecule has 0 aliphatic carbocycles. The molecule has 1 aromatic carbocycles. The van der Waals surface area contributed by atoms with E-state index in [0.29, 0.717) is 11.4 Å². The van der Waals surface area contributed by atoms with Crippen molar-refractivity contribution in [3.8, 4) is 17.4 Å². The molecular weight excluding hydrogens is 382 g/mol. The molecule has 0 fully saturated rings. The number of hydrogen-bond acceptors (Lipinski definition) is 7. The molecular formula is C18H19N5O4S. The Morgan fingerprint density at radius 3 is 2.57 bits per heavy atom. The van der Waals surface area contributed by atoms with Gasteiger partial charge in [-0.25, -0.2) is 18.4 Å². The van der Waals surface area contributed by atoms with Gasteiger partial charge in [0.05, 0.1) is 5.69 Å². The summed E-state index contributed by atoms with van der Waals surface area (Å²) >= 11 is 0. The standard InChI is InChI=1S/C18H19N5O4S/c1-18(2,3)14-10-15(23(21-14)17-19-8-5-9-20-17)22-28(24,25)13-7-4-6-12-16(13)27-11-26-12/h4-10,22H,11H2,1-3H3. The summed E-state index contributed by atoms with van der Waals surface area (Å²) in [5.41, 5.74) is 0.390. The van der Waals surface area contributed by atoms with Crippen molar-refractivity contribution >= 4 is 15.8 Å². The molecule has 0 unspecified atom stereocenters. The average molecular weight is 401 g/mol. The largest absolute Gasteiger partial charge is 0.454 e. The van der Waals surface area contributed by atoms with E-state index in [0.717, 1.165) is 0 Å². The van der Waals surface area contributed by atoms with Gasteiger partial charge >= 0.3 is 0 Å². The van der Waals surface area contributed by atoms with Crippen LogP contribution in [0.2, 0.25) is 0 Å². The Kier molecular flexibility index (Phi) is 4.22. The van der Waals surface area contributed by atoms with Crippen molar-refractivity contribution in [1.29, 1.82) is 0 Å². The van der Waals surface area contributed by atoms with E-state index in [1.54, 1.807) is 36.7 Å². The predicted molar refractivity (Wildman–Crippen MR) is 101 cm³/mol. The van der Waals surface area contributed by atoms with E-state index in [1.165, 1.54) is 10.7 Å². The average Bonchev–Trinajstić information content (AvgIpc) is 3.28. The molecule has 0 bridgehead atoms. The van der Waals surface area contributed by atoms with Crippen LogP contribution in [-0.4, -0.2) is 35.0 Å². The molecule has 1 aliphatic heterocycles. The zero-order valence-electron chi connectivity index (χ0n) is 15.6. The molecule has 0 amide bonds. The van der Waals surface area contributed by atoms with E-state index in [4.69, 9.17) is 9.47 Å². The number of rotatable bonds is 4. The Labute approximate surface area is 162 Å². The Morgan fingerprint density at radius 1 is 1.11 bits per heavy atom. The van der Waals surface area contributed by atoms with Crippen LogP contribution >= 0.6 is 0 Å². The third kappa shape index (κ3) is 3.26. The second-order valence-corrected chi connectivity index (χ2v) is 8.87. The summed E-state index contributed by atoms with van der Waals surface area (Å²) < 4.78 is 40.7. The lowest BCUT2D eigenvalue weighted by molar-refractivity contribution is 0.172. The van der Waals surface area contributed by atoms with Crippen molar-refractivity contribution < 1.29 is 17.9 Å². The van der Waals surface area contributed by atoms with Gasteiger partial charge in [0, 0.05) is 23.9 Å². The van der Waals surface area contributed by atoms with Crippen LogP contribution in [0.5, 0.6) is 11.5 Å². The fourth-order valence-electron chi connectivity index (χ4n) is 2.68. The van der Waals surface area contributed by atoms with Crippen LogP contribution in [0, 0.1) is 0 Å². The molecule has 0 atom stereocenters. The second-order valence-electron chi connectivity index (χ2n) is 7.22. The molecule has 0 radical (unpaired) electrons. The molecule has 0 saturated heterocycles. The number of para-hydroxylation sites is 1. The monoisotopic (exact) mass is 401 g/mol.